The van der Waals surface area contributed by atoms with Gasteiger partial charge in [-0.25, -0.2) is 9.98 Å². The summed E-state index contributed by atoms with van der Waals surface area (Å²) in [5.41, 5.74) is 9.82. The number of benzene rings is 3. The lowest BCUT2D eigenvalue weighted by molar-refractivity contribution is 0.817. The molecular formula is C26H19ClN8O. The van der Waals surface area contributed by atoms with E-state index in [0.717, 1.165) is 22.5 Å². The quantitative estimate of drug-likeness (QED) is 0.395. The predicted molar refractivity (Wildman–Crippen MR) is 140 cm³/mol. The molecule has 0 unspecified atom stereocenters. The summed E-state index contributed by atoms with van der Waals surface area (Å²) in [4.78, 5) is 23.0. The van der Waals surface area contributed by atoms with Crippen molar-refractivity contribution in [1.82, 2.24) is 29.9 Å². The number of hydrogen-bond acceptors (Lipinski definition) is 7. The fourth-order valence-electron chi connectivity index (χ4n) is 4.07. The Balaban J connectivity index is 1.56. The van der Waals surface area contributed by atoms with Gasteiger partial charge in [-0.15, -0.1) is 5.10 Å². The second kappa shape index (κ2) is 8.79. The third-order valence-electron chi connectivity index (χ3n) is 5.82. The van der Waals surface area contributed by atoms with Gasteiger partial charge in [0.05, 0.1) is 17.1 Å². The molecule has 6 rings (SSSR count). The third kappa shape index (κ3) is 3.81. The van der Waals surface area contributed by atoms with Gasteiger partial charge in [-0.2, -0.15) is 4.68 Å². The molecule has 0 atom stereocenters. The van der Waals surface area contributed by atoms with Gasteiger partial charge in [-0.3, -0.25) is 9.36 Å². The number of aliphatic imine (C=N–C) groups is 1. The number of nitrogens with one attached hydrogen (secondary N) is 1. The Kier molecular flexibility index (Phi) is 5.31. The second-order valence-electron chi connectivity index (χ2n) is 8.11. The number of fused-ring (bicyclic) bond motifs is 1. The van der Waals surface area contributed by atoms with Gasteiger partial charge >= 0.3 is 0 Å². The van der Waals surface area contributed by atoms with Crippen LogP contribution in [0.4, 0.5) is 0 Å². The molecule has 0 saturated carbocycles. The number of nitrogens with two attached hydrogens (primary N) is 1. The lowest BCUT2D eigenvalue weighted by Gasteiger charge is -2.14. The maximum Gasteiger partial charge on any atom is 0.288 e. The summed E-state index contributed by atoms with van der Waals surface area (Å²) in [6.45, 7) is 0.608. The van der Waals surface area contributed by atoms with Crippen molar-refractivity contribution >= 4 is 34.4 Å². The standard InChI is InChI=1S/C26H19ClN8O/c27-18-10-12-19(13-11-18)34-23(17-8-6-16(7-9-17)21-14-15-29-26(28)30-21)31-24-22(25(34)36)32-33-35(24)20-4-2-1-3-5-20/h1-14H,15H2,(H3,28,29,30). The molecule has 1 aliphatic heterocycles. The Morgan fingerprint density at radius 1 is 0.889 bits per heavy atom. The van der Waals surface area contributed by atoms with Crippen LogP contribution in [0, 0.1) is 0 Å². The molecule has 176 valence electrons. The highest BCUT2D eigenvalue weighted by Gasteiger charge is 2.20. The summed E-state index contributed by atoms with van der Waals surface area (Å²) in [6.07, 6.45) is 1.96. The summed E-state index contributed by atoms with van der Waals surface area (Å²) in [5, 5.41) is 11.9. The first-order valence-electron chi connectivity index (χ1n) is 11.2. The lowest BCUT2D eigenvalue weighted by atomic mass is 10.1. The average molecular weight is 495 g/mol. The van der Waals surface area contributed by atoms with E-state index in [1.54, 1.807) is 28.9 Å². The summed E-state index contributed by atoms with van der Waals surface area (Å²) >= 11 is 6.11. The van der Waals surface area contributed by atoms with E-state index in [0.29, 0.717) is 34.7 Å². The highest BCUT2D eigenvalue weighted by Crippen LogP contribution is 2.26. The zero-order valence-electron chi connectivity index (χ0n) is 18.8. The van der Waals surface area contributed by atoms with Crippen molar-refractivity contribution in [2.45, 2.75) is 0 Å². The van der Waals surface area contributed by atoms with Gasteiger partial charge in [0, 0.05) is 22.7 Å². The highest BCUT2D eigenvalue weighted by molar-refractivity contribution is 6.30. The Morgan fingerprint density at radius 3 is 2.33 bits per heavy atom. The molecule has 5 aromatic rings. The molecule has 9 nitrogen and oxygen atoms in total. The van der Waals surface area contributed by atoms with Gasteiger partial charge in [0.2, 0.25) is 0 Å². The highest BCUT2D eigenvalue weighted by atomic mass is 35.5. The largest absolute Gasteiger partial charge is 0.370 e. The number of guanidine groups is 1. The van der Waals surface area contributed by atoms with Crippen molar-refractivity contribution in [3.63, 3.8) is 0 Å². The molecule has 0 bridgehead atoms. The van der Waals surface area contributed by atoms with Crippen LogP contribution < -0.4 is 16.6 Å². The number of halogens is 1. The molecule has 0 amide bonds. The van der Waals surface area contributed by atoms with Crippen LogP contribution in [0.2, 0.25) is 5.02 Å². The zero-order valence-corrected chi connectivity index (χ0v) is 19.6. The Morgan fingerprint density at radius 2 is 1.61 bits per heavy atom. The van der Waals surface area contributed by atoms with Crippen LogP contribution in [0.25, 0.3) is 39.6 Å². The summed E-state index contributed by atoms with van der Waals surface area (Å²) in [6, 6.07) is 24.1. The SMILES string of the molecule is NC1=NC(c2ccc(-c3nc4c(nnn4-c4ccccc4)c(=O)n3-c3ccc(Cl)cc3)cc2)=CCN1. The average Bonchev–Trinajstić information content (AvgIpc) is 3.34. The summed E-state index contributed by atoms with van der Waals surface area (Å²) in [7, 11) is 0. The smallest absolute Gasteiger partial charge is 0.288 e. The van der Waals surface area contributed by atoms with Crippen LogP contribution in [-0.4, -0.2) is 37.0 Å². The monoisotopic (exact) mass is 494 g/mol. The Labute approximate surface area is 210 Å². The van der Waals surface area contributed by atoms with Crippen molar-refractivity contribution in [2.75, 3.05) is 6.54 Å². The van der Waals surface area contributed by atoms with Crippen LogP contribution in [0.15, 0.2) is 94.7 Å². The van der Waals surface area contributed by atoms with Crippen molar-refractivity contribution in [2.24, 2.45) is 10.7 Å². The van der Waals surface area contributed by atoms with E-state index in [1.807, 2.05) is 60.7 Å². The maximum absolute atomic E-state index is 13.7. The van der Waals surface area contributed by atoms with Crippen molar-refractivity contribution < 1.29 is 0 Å². The molecule has 0 spiro atoms. The summed E-state index contributed by atoms with van der Waals surface area (Å²) < 4.78 is 3.09. The second-order valence-corrected chi connectivity index (χ2v) is 8.54. The zero-order chi connectivity index (χ0) is 24.6. The first-order valence-corrected chi connectivity index (χ1v) is 11.5. The van der Waals surface area contributed by atoms with Gasteiger partial charge in [0.15, 0.2) is 17.1 Å². The van der Waals surface area contributed by atoms with Crippen LogP contribution in [-0.2, 0) is 0 Å². The molecule has 1 aliphatic rings. The minimum atomic E-state index is -0.331. The fourth-order valence-corrected chi connectivity index (χ4v) is 4.20. The molecular weight excluding hydrogens is 476 g/mol. The van der Waals surface area contributed by atoms with Gasteiger partial charge in [-0.1, -0.05) is 59.3 Å². The predicted octanol–water partition coefficient (Wildman–Crippen LogP) is 3.55. The molecule has 3 aromatic carbocycles. The molecule has 2 aromatic heterocycles. The molecule has 0 saturated heterocycles. The number of nitrogens with zero attached hydrogens (tertiary/aromatic N) is 6. The van der Waals surface area contributed by atoms with Crippen LogP contribution >= 0.6 is 11.6 Å². The van der Waals surface area contributed by atoms with Crippen molar-refractivity contribution in [1.29, 1.82) is 0 Å². The molecule has 3 heterocycles. The maximum atomic E-state index is 13.7. The third-order valence-corrected chi connectivity index (χ3v) is 6.07. The van der Waals surface area contributed by atoms with E-state index >= 15 is 0 Å². The van der Waals surface area contributed by atoms with E-state index in [9.17, 15) is 4.79 Å². The summed E-state index contributed by atoms with van der Waals surface area (Å²) in [5.74, 6) is 0.824. The normalized spacial score (nSPS) is 13.2. The van der Waals surface area contributed by atoms with Gasteiger partial charge < -0.3 is 11.1 Å². The van der Waals surface area contributed by atoms with E-state index in [-0.39, 0.29) is 11.1 Å². The minimum Gasteiger partial charge on any atom is -0.370 e. The van der Waals surface area contributed by atoms with Crippen molar-refractivity contribution in [3.8, 4) is 22.8 Å². The first-order chi connectivity index (χ1) is 17.6. The molecule has 0 aliphatic carbocycles. The molecule has 36 heavy (non-hydrogen) atoms. The van der Waals surface area contributed by atoms with Gasteiger partial charge in [-0.05, 0) is 42.5 Å². The number of rotatable bonds is 4. The van der Waals surface area contributed by atoms with Crippen LogP contribution in [0.3, 0.4) is 0 Å². The number of aromatic nitrogens is 5. The topological polar surface area (TPSA) is 116 Å². The molecule has 10 heteroatoms. The van der Waals surface area contributed by atoms with Crippen LogP contribution in [0.5, 0.6) is 0 Å². The number of hydrogen-bond donors (Lipinski definition) is 2. The fraction of sp³-hybridized carbons (Fsp3) is 0.0385. The van der Waals surface area contributed by atoms with E-state index < -0.39 is 0 Å². The molecule has 0 radical (unpaired) electrons. The minimum absolute atomic E-state index is 0.166. The lowest BCUT2D eigenvalue weighted by Crippen LogP contribution is -2.33. The molecule has 3 N–H and O–H groups in total. The van der Waals surface area contributed by atoms with Gasteiger partial charge in [0.1, 0.15) is 5.82 Å². The van der Waals surface area contributed by atoms with E-state index in [1.165, 1.54) is 4.57 Å². The van der Waals surface area contributed by atoms with Crippen LogP contribution in [0.1, 0.15) is 5.56 Å². The van der Waals surface area contributed by atoms with Crippen molar-refractivity contribution in [3.05, 3.63) is 106 Å². The van der Waals surface area contributed by atoms with Gasteiger partial charge in [0.25, 0.3) is 5.56 Å². The molecule has 0 fully saturated rings. The first kappa shape index (κ1) is 21.8. The Hall–Kier alpha value is -4.76. The van der Waals surface area contributed by atoms with E-state index in [4.69, 9.17) is 22.3 Å². The Bertz CT molecular complexity index is 1700. The number of para-hydroxylation sites is 1. The van der Waals surface area contributed by atoms with E-state index in [2.05, 4.69) is 20.6 Å².